The van der Waals surface area contributed by atoms with Gasteiger partial charge >= 0.3 is 0 Å². The van der Waals surface area contributed by atoms with Crippen LogP contribution in [0.15, 0.2) is 28.9 Å². The summed E-state index contributed by atoms with van der Waals surface area (Å²) in [5, 5.41) is 15.3. The first kappa shape index (κ1) is 14.4. The zero-order chi connectivity index (χ0) is 14.0. The molecule has 0 amide bonds. The Bertz CT molecular complexity index is 585. The molecule has 2 rings (SSSR count). The van der Waals surface area contributed by atoms with Crippen LogP contribution >= 0.6 is 27.5 Å². The fourth-order valence-corrected chi connectivity index (χ4v) is 2.67. The number of hydrogen-bond acceptors (Lipinski definition) is 3. The quantitative estimate of drug-likeness (QED) is 0.836. The van der Waals surface area contributed by atoms with E-state index in [1.165, 1.54) is 0 Å². The lowest BCUT2D eigenvalue weighted by Crippen LogP contribution is -2.12. The highest BCUT2D eigenvalue weighted by atomic mass is 79.9. The number of nitrogens with zero attached hydrogens (tertiary/aromatic N) is 2. The summed E-state index contributed by atoms with van der Waals surface area (Å²) in [6.45, 7) is 2.80. The smallest absolute Gasteiger partial charge is 0.124 e. The second-order valence-corrected chi connectivity index (χ2v) is 5.57. The maximum atomic E-state index is 10.5. The number of rotatable bonds is 4. The number of hydrogen-bond donors (Lipinski definition) is 2. The normalized spacial score (nSPS) is 12.6. The summed E-state index contributed by atoms with van der Waals surface area (Å²) in [4.78, 5) is 0. The molecule has 0 saturated heterocycles. The number of benzene rings is 1. The van der Waals surface area contributed by atoms with E-state index in [0.717, 1.165) is 17.4 Å². The molecule has 0 spiro atoms. The average molecular weight is 345 g/mol. The first-order valence-corrected chi connectivity index (χ1v) is 7.16. The zero-order valence-corrected chi connectivity index (χ0v) is 12.8. The van der Waals surface area contributed by atoms with Crippen molar-refractivity contribution in [3.63, 3.8) is 0 Å². The molecule has 0 bridgehead atoms. The van der Waals surface area contributed by atoms with Crippen molar-refractivity contribution in [3.05, 3.63) is 45.1 Å². The molecule has 1 atom stereocenters. The third-order valence-electron chi connectivity index (χ3n) is 2.87. The minimum absolute atomic E-state index is 0.469. The van der Waals surface area contributed by atoms with Gasteiger partial charge in [0.25, 0.3) is 0 Å². The van der Waals surface area contributed by atoms with E-state index in [4.69, 9.17) is 17.3 Å². The molecule has 0 aliphatic rings. The van der Waals surface area contributed by atoms with Crippen molar-refractivity contribution in [2.75, 3.05) is 5.73 Å². The lowest BCUT2D eigenvalue weighted by Gasteiger charge is -2.16. The van der Waals surface area contributed by atoms with E-state index in [1.807, 2.05) is 0 Å². The van der Waals surface area contributed by atoms with Gasteiger partial charge in [-0.1, -0.05) is 24.6 Å². The SMILES string of the molecule is CCCn1ncc(Br)c1C(O)c1ccc(Cl)cc1N. The average Bonchev–Trinajstić information content (AvgIpc) is 2.70. The van der Waals surface area contributed by atoms with Gasteiger partial charge in [0.05, 0.1) is 16.4 Å². The summed E-state index contributed by atoms with van der Waals surface area (Å²) >= 11 is 9.28. The second kappa shape index (κ2) is 5.94. The number of nitrogens with two attached hydrogens (primary N) is 1. The molecule has 0 saturated carbocycles. The molecule has 1 heterocycles. The number of halogens is 2. The molecular weight excluding hydrogens is 330 g/mol. The van der Waals surface area contributed by atoms with Gasteiger partial charge in [-0.2, -0.15) is 5.10 Å². The van der Waals surface area contributed by atoms with Crippen LogP contribution in [0.25, 0.3) is 0 Å². The Kier molecular flexibility index (Phi) is 4.50. The summed E-state index contributed by atoms with van der Waals surface area (Å²) in [5.41, 5.74) is 7.71. The van der Waals surface area contributed by atoms with Crippen molar-refractivity contribution in [3.8, 4) is 0 Å². The number of aliphatic hydroxyl groups is 1. The molecule has 1 unspecified atom stereocenters. The van der Waals surface area contributed by atoms with Crippen LogP contribution in [-0.2, 0) is 6.54 Å². The largest absolute Gasteiger partial charge is 0.398 e. The summed E-state index contributed by atoms with van der Waals surface area (Å²) in [6.07, 6.45) is 1.78. The van der Waals surface area contributed by atoms with Crippen molar-refractivity contribution in [2.24, 2.45) is 0 Å². The number of aromatic nitrogens is 2. The van der Waals surface area contributed by atoms with Crippen LogP contribution in [0, 0.1) is 0 Å². The monoisotopic (exact) mass is 343 g/mol. The van der Waals surface area contributed by atoms with Gasteiger partial charge in [-0.15, -0.1) is 0 Å². The molecule has 6 heteroatoms. The predicted molar refractivity (Wildman–Crippen MR) is 80.1 cm³/mol. The first-order valence-electron chi connectivity index (χ1n) is 5.98. The number of aryl methyl sites for hydroxylation is 1. The van der Waals surface area contributed by atoms with E-state index in [9.17, 15) is 5.11 Å². The van der Waals surface area contributed by atoms with Gasteiger partial charge in [0.15, 0.2) is 0 Å². The molecule has 1 aromatic heterocycles. The van der Waals surface area contributed by atoms with Gasteiger partial charge in [-0.25, -0.2) is 0 Å². The van der Waals surface area contributed by atoms with Crippen LogP contribution in [0.2, 0.25) is 5.02 Å². The van der Waals surface area contributed by atoms with E-state index in [2.05, 4.69) is 28.0 Å². The fraction of sp³-hybridized carbons (Fsp3) is 0.308. The van der Waals surface area contributed by atoms with E-state index in [-0.39, 0.29) is 0 Å². The van der Waals surface area contributed by atoms with Gasteiger partial charge in [-0.05, 0) is 34.5 Å². The molecule has 0 aliphatic heterocycles. The van der Waals surface area contributed by atoms with Crippen molar-refractivity contribution in [2.45, 2.75) is 26.0 Å². The van der Waals surface area contributed by atoms with Crippen molar-refractivity contribution < 1.29 is 5.11 Å². The van der Waals surface area contributed by atoms with Crippen LogP contribution in [-0.4, -0.2) is 14.9 Å². The van der Waals surface area contributed by atoms with Crippen molar-refractivity contribution in [1.29, 1.82) is 0 Å². The third-order valence-corrected chi connectivity index (χ3v) is 3.72. The molecular formula is C13H15BrClN3O. The molecule has 1 aromatic carbocycles. The van der Waals surface area contributed by atoms with Crippen LogP contribution in [0.3, 0.4) is 0 Å². The maximum Gasteiger partial charge on any atom is 0.124 e. The predicted octanol–water partition coefficient (Wildman–Crippen LogP) is 3.37. The molecule has 0 radical (unpaired) electrons. The Morgan fingerprint density at radius 1 is 1.53 bits per heavy atom. The Morgan fingerprint density at radius 3 is 2.89 bits per heavy atom. The highest BCUT2D eigenvalue weighted by Crippen LogP contribution is 2.32. The fourth-order valence-electron chi connectivity index (χ4n) is 1.98. The highest BCUT2D eigenvalue weighted by Gasteiger charge is 2.21. The Labute approximate surface area is 125 Å². The number of aliphatic hydroxyl groups excluding tert-OH is 1. The van der Waals surface area contributed by atoms with Gasteiger partial charge in [0, 0.05) is 22.8 Å². The number of anilines is 1. The molecule has 19 heavy (non-hydrogen) atoms. The third kappa shape index (κ3) is 2.94. The van der Waals surface area contributed by atoms with Gasteiger partial charge in [-0.3, -0.25) is 4.68 Å². The Balaban J connectivity index is 2.43. The highest BCUT2D eigenvalue weighted by molar-refractivity contribution is 9.10. The topological polar surface area (TPSA) is 64.1 Å². The van der Waals surface area contributed by atoms with E-state index < -0.39 is 6.10 Å². The molecule has 0 fully saturated rings. The summed E-state index contributed by atoms with van der Waals surface area (Å²) in [7, 11) is 0. The minimum atomic E-state index is -0.833. The zero-order valence-electron chi connectivity index (χ0n) is 10.5. The lowest BCUT2D eigenvalue weighted by atomic mass is 10.0. The standard InChI is InChI=1S/C13H15BrClN3O/c1-2-5-18-12(10(14)7-17-18)13(19)9-4-3-8(15)6-11(9)16/h3-4,6-7,13,19H,2,5,16H2,1H3. The molecule has 102 valence electrons. The van der Waals surface area contributed by atoms with Gasteiger partial charge < -0.3 is 10.8 Å². The van der Waals surface area contributed by atoms with E-state index in [0.29, 0.717) is 22.0 Å². The van der Waals surface area contributed by atoms with Crippen molar-refractivity contribution >= 4 is 33.2 Å². The molecule has 4 nitrogen and oxygen atoms in total. The summed E-state index contributed by atoms with van der Waals surface area (Å²) < 4.78 is 2.55. The second-order valence-electron chi connectivity index (χ2n) is 4.28. The number of nitrogen functional groups attached to an aromatic ring is 1. The van der Waals surface area contributed by atoms with Gasteiger partial charge in [0.1, 0.15) is 6.10 Å². The molecule has 0 aliphatic carbocycles. The maximum absolute atomic E-state index is 10.5. The summed E-state index contributed by atoms with van der Waals surface area (Å²) in [6, 6.07) is 5.08. The van der Waals surface area contributed by atoms with Crippen molar-refractivity contribution in [1.82, 2.24) is 9.78 Å². The Morgan fingerprint density at radius 2 is 2.26 bits per heavy atom. The van der Waals surface area contributed by atoms with Crippen LogP contribution < -0.4 is 5.73 Å². The summed E-state index contributed by atoms with van der Waals surface area (Å²) in [5.74, 6) is 0. The molecule has 3 N–H and O–H groups in total. The van der Waals surface area contributed by atoms with Crippen LogP contribution in [0.1, 0.15) is 30.7 Å². The van der Waals surface area contributed by atoms with E-state index >= 15 is 0 Å². The minimum Gasteiger partial charge on any atom is -0.398 e. The molecule has 2 aromatic rings. The van der Waals surface area contributed by atoms with Crippen LogP contribution in [0.4, 0.5) is 5.69 Å². The van der Waals surface area contributed by atoms with E-state index in [1.54, 1.807) is 29.1 Å². The van der Waals surface area contributed by atoms with Crippen LogP contribution in [0.5, 0.6) is 0 Å². The Hall–Kier alpha value is -1.04. The van der Waals surface area contributed by atoms with Gasteiger partial charge in [0.2, 0.25) is 0 Å². The lowest BCUT2D eigenvalue weighted by molar-refractivity contribution is 0.207. The first-order chi connectivity index (χ1) is 9.04.